The first-order valence-electron chi connectivity index (χ1n) is 7.67. The molecule has 2 aromatic rings. The van der Waals surface area contributed by atoms with Crippen molar-refractivity contribution in [2.75, 3.05) is 11.9 Å². The van der Waals surface area contributed by atoms with Crippen LogP contribution in [0.25, 0.3) is 0 Å². The van der Waals surface area contributed by atoms with E-state index >= 15 is 0 Å². The second-order valence-electron chi connectivity index (χ2n) is 5.97. The number of nitrogens with one attached hydrogen (secondary N) is 1. The lowest BCUT2D eigenvalue weighted by Gasteiger charge is -2.20. The van der Waals surface area contributed by atoms with Gasteiger partial charge in [0.05, 0.1) is 0 Å². The lowest BCUT2D eigenvalue weighted by Crippen LogP contribution is -2.16. The van der Waals surface area contributed by atoms with E-state index in [0.717, 1.165) is 36.2 Å². The second-order valence-corrected chi connectivity index (χ2v) is 5.97. The van der Waals surface area contributed by atoms with E-state index in [9.17, 15) is 4.79 Å². The molecule has 21 heavy (non-hydrogen) atoms. The van der Waals surface area contributed by atoms with Crippen molar-refractivity contribution in [3.8, 4) is 0 Å². The van der Waals surface area contributed by atoms with Gasteiger partial charge in [0.25, 0.3) is 0 Å². The van der Waals surface area contributed by atoms with Gasteiger partial charge in [0.2, 0.25) is 0 Å². The molecule has 1 aliphatic rings. The number of carbonyl (C=O) groups excluding carboxylic acids is 1. The Bertz CT molecular complexity index is 656. The molecule has 2 heteroatoms. The first kappa shape index (κ1) is 13.9. The van der Waals surface area contributed by atoms with Gasteiger partial charge >= 0.3 is 0 Å². The molecule has 2 nitrogen and oxygen atoms in total. The van der Waals surface area contributed by atoms with Crippen LogP contribution in [-0.2, 0) is 6.42 Å². The largest absolute Gasteiger partial charge is 0.385 e. The van der Waals surface area contributed by atoms with Crippen LogP contribution in [0.1, 0.15) is 53.2 Å². The van der Waals surface area contributed by atoms with Crippen LogP contribution in [0.3, 0.4) is 0 Å². The van der Waals surface area contributed by atoms with Crippen molar-refractivity contribution in [1.29, 1.82) is 0 Å². The Balaban J connectivity index is 1.95. The van der Waals surface area contributed by atoms with E-state index in [1.165, 1.54) is 11.1 Å². The molecule has 0 atom stereocenters. The lowest BCUT2D eigenvalue weighted by atomic mass is 9.91. The maximum atomic E-state index is 12.8. The maximum absolute atomic E-state index is 12.8. The molecule has 0 amide bonds. The number of benzene rings is 2. The van der Waals surface area contributed by atoms with Crippen LogP contribution in [0.4, 0.5) is 5.69 Å². The number of carbonyl (C=O) groups is 1. The normalized spacial score (nSPS) is 13.7. The fraction of sp³-hybridized carbons (Fsp3) is 0.316. The van der Waals surface area contributed by atoms with Gasteiger partial charge < -0.3 is 5.32 Å². The number of anilines is 1. The van der Waals surface area contributed by atoms with E-state index in [-0.39, 0.29) is 5.78 Å². The van der Waals surface area contributed by atoms with Crippen LogP contribution in [-0.4, -0.2) is 12.3 Å². The van der Waals surface area contributed by atoms with Crippen LogP contribution >= 0.6 is 0 Å². The molecule has 0 aromatic heterocycles. The molecule has 1 heterocycles. The van der Waals surface area contributed by atoms with E-state index in [4.69, 9.17) is 0 Å². The summed E-state index contributed by atoms with van der Waals surface area (Å²) in [5.74, 6) is 0.619. The fourth-order valence-corrected chi connectivity index (χ4v) is 2.90. The highest BCUT2D eigenvalue weighted by atomic mass is 16.1. The Hall–Kier alpha value is -2.09. The molecule has 0 fully saturated rings. The van der Waals surface area contributed by atoms with Crippen molar-refractivity contribution in [2.45, 2.75) is 32.6 Å². The Morgan fingerprint density at radius 2 is 1.86 bits per heavy atom. The third-order valence-electron chi connectivity index (χ3n) is 4.18. The van der Waals surface area contributed by atoms with Gasteiger partial charge in [-0.1, -0.05) is 50.2 Å². The number of hydrogen-bond acceptors (Lipinski definition) is 2. The minimum absolute atomic E-state index is 0.130. The number of ketones is 1. The van der Waals surface area contributed by atoms with Crippen LogP contribution in [0.5, 0.6) is 0 Å². The van der Waals surface area contributed by atoms with Gasteiger partial charge in [-0.2, -0.15) is 0 Å². The summed E-state index contributed by atoms with van der Waals surface area (Å²) in [4.78, 5) is 12.8. The van der Waals surface area contributed by atoms with Gasteiger partial charge in [0, 0.05) is 23.4 Å². The van der Waals surface area contributed by atoms with Crippen molar-refractivity contribution in [3.05, 3.63) is 64.7 Å². The minimum atomic E-state index is 0.130. The first-order valence-corrected chi connectivity index (χ1v) is 7.67. The third kappa shape index (κ3) is 2.71. The minimum Gasteiger partial charge on any atom is -0.385 e. The summed E-state index contributed by atoms with van der Waals surface area (Å²) in [6.45, 7) is 5.32. The zero-order valence-corrected chi connectivity index (χ0v) is 12.6. The average Bonchev–Trinajstić information content (AvgIpc) is 2.53. The van der Waals surface area contributed by atoms with Crippen molar-refractivity contribution >= 4 is 11.5 Å². The van der Waals surface area contributed by atoms with Crippen molar-refractivity contribution < 1.29 is 4.79 Å². The van der Waals surface area contributed by atoms with Gasteiger partial charge in [0.15, 0.2) is 5.78 Å². The smallest absolute Gasteiger partial charge is 0.193 e. The van der Waals surface area contributed by atoms with Crippen LogP contribution in [0, 0.1) is 0 Å². The molecule has 3 rings (SSSR count). The third-order valence-corrected chi connectivity index (χ3v) is 4.18. The highest BCUT2D eigenvalue weighted by Crippen LogP contribution is 2.27. The van der Waals surface area contributed by atoms with Gasteiger partial charge in [-0.25, -0.2) is 0 Å². The summed E-state index contributed by atoms with van der Waals surface area (Å²) in [6.07, 6.45) is 2.07. The Kier molecular flexibility index (Phi) is 3.78. The van der Waals surface area contributed by atoms with Crippen molar-refractivity contribution in [1.82, 2.24) is 0 Å². The molecule has 0 radical (unpaired) electrons. The topological polar surface area (TPSA) is 29.1 Å². The summed E-state index contributed by atoms with van der Waals surface area (Å²) in [6, 6.07) is 14.0. The molecule has 2 aromatic carbocycles. The van der Waals surface area contributed by atoms with E-state index in [1.54, 1.807) is 0 Å². The summed E-state index contributed by atoms with van der Waals surface area (Å²) in [5.41, 5.74) is 5.17. The Morgan fingerprint density at radius 3 is 2.57 bits per heavy atom. The molecular formula is C19H21NO. The van der Waals surface area contributed by atoms with E-state index in [2.05, 4.69) is 37.4 Å². The van der Waals surface area contributed by atoms with Crippen LogP contribution < -0.4 is 5.32 Å². The highest BCUT2D eigenvalue weighted by Gasteiger charge is 2.18. The maximum Gasteiger partial charge on any atom is 0.193 e. The molecule has 108 valence electrons. The van der Waals surface area contributed by atoms with Gasteiger partial charge in [-0.15, -0.1) is 0 Å². The zero-order valence-electron chi connectivity index (χ0n) is 12.6. The monoisotopic (exact) mass is 279 g/mol. The van der Waals surface area contributed by atoms with Gasteiger partial charge in [-0.05, 0) is 36.0 Å². The molecule has 0 saturated heterocycles. The predicted molar refractivity (Wildman–Crippen MR) is 87.2 cm³/mol. The first-order chi connectivity index (χ1) is 10.2. The average molecular weight is 279 g/mol. The standard InChI is InChI=1S/C19H21NO/c1-13(2)14-8-10-15(11-9-14)19(21)17-5-3-7-18-16(17)6-4-12-20-18/h3,5,7-11,13,20H,4,6,12H2,1-2H3. The summed E-state index contributed by atoms with van der Waals surface area (Å²) < 4.78 is 0. The Labute approximate surface area is 126 Å². The highest BCUT2D eigenvalue weighted by molar-refractivity contribution is 6.10. The second kappa shape index (κ2) is 5.72. The predicted octanol–water partition coefficient (Wildman–Crippen LogP) is 4.40. The van der Waals surface area contributed by atoms with E-state index in [1.807, 2.05) is 24.3 Å². The molecule has 1 aliphatic heterocycles. The number of fused-ring (bicyclic) bond motifs is 1. The zero-order chi connectivity index (χ0) is 14.8. The quantitative estimate of drug-likeness (QED) is 0.844. The van der Waals surface area contributed by atoms with Crippen LogP contribution in [0.15, 0.2) is 42.5 Å². The summed E-state index contributed by atoms with van der Waals surface area (Å²) in [5, 5.41) is 3.38. The molecule has 1 N–H and O–H groups in total. The van der Waals surface area contributed by atoms with Gasteiger partial charge in [-0.3, -0.25) is 4.79 Å². The van der Waals surface area contributed by atoms with Crippen molar-refractivity contribution in [3.63, 3.8) is 0 Å². The van der Waals surface area contributed by atoms with Crippen molar-refractivity contribution in [2.24, 2.45) is 0 Å². The molecular weight excluding hydrogens is 258 g/mol. The SMILES string of the molecule is CC(C)c1ccc(C(=O)c2cccc3c2CCCN3)cc1. The summed E-state index contributed by atoms with van der Waals surface area (Å²) >= 11 is 0. The van der Waals surface area contributed by atoms with E-state index < -0.39 is 0 Å². The molecule has 0 unspecified atom stereocenters. The molecule has 0 aliphatic carbocycles. The van der Waals surface area contributed by atoms with Crippen LogP contribution in [0.2, 0.25) is 0 Å². The molecule has 0 spiro atoms. The Morgan fingerprint density at radius 1 is 1.10 bits per heavy atom. The molecule has 0 bridgehead atoms. The number of hydrogen-bond donors (Lipinski definition) is 1. The number of rotatable bonds is 3. The lowest BCUT2D eigenvalue weighted by molar-refractivity contribution is 0.103. The van der Waals surface area contributed by atoms with E-state index in [0.29, 0.717) is 5.92 Å². The summed E-state index contributed by atoms with van der Waals surface area (Å²) in [7, 11) is 0. The van der Waals surface area contributed by atoms with Gasteiger partial charge in [0.1, 0.15) is 0 Å². The molecule has 0 saturated carbocycles. The fourth-order valence-electron chi connectivity index (χ4n) is 2.90.